The number of aryl methyl sites for hydroxylation is 1. The molecule has 7 nitrogen and oxygen atoms in total. The van der Waals surface area contributed by atoms with Gasteiger partial charge in [-0.05, 0) is 59.9 Å². The van der Waals surface area contributed by atoms with E-state index >= 15 is 0 Å². The maximum atomic E-state index is 11.8. The minimum absolute atomic E-state index is 0.00344. The maximum Gasteiger partial charge on any atom is 0.304 e. The van der Waals surface area contributed by atoms with Crippen LogP contribution in [0.5, 0.6) is 5.75 Å². The highest BCUT2D eigenvalue weighted by atomic mass is 16.5. The van der Waals surface area contributed by atoms with Crippen LogP contribution in [0.15, 0.2) is 48.7 Å². The van der Waals surface area contributed by atoms with Gasteiger partial charge in [-0.15, -0.1) is 0 Å². The number of carboxylic acids is 1. The van der Waals surface area contributed by atoms with Crippen molar-refractivity contribution in [3.8, 4) is 5.75 Å². The van der Waals surface area contributed by atoms with Crippen molar-refractivity contribution in [2.45, 2.75) is 39.3 Å². The van der Waals surface area contributed by atoms with Crippen molar-refractivity contribution < 1.29 is 14.6 Å². The van der Waals surface area contributed by atoms with Crippen LogP contribution in [0.4, 0.5) is 11.4 Å². The lowest BCUT2D eigenvalue weighted by Crippen LogP contribution is -2.26. The van der Waals surface area contributed by atoms with E-state index in [9.17, 15) is 9.90 Å². The number of carboxylic acid groups (broad SMARTS) is 1. The second kappa shape index (κ2) is 10.1. The molecule has 1 aliphatic heterocycles. The molecule has 4 rings (SSSR count). The molecule has 2 heterocycles. The Hall–Kier alpha value is -3.58. The Morgan fingerprint density at radius 3 is 2.85 bits per heavy atom. The van der Waals surface area contributed by atoms with Crippen LogP contribution in [0.1, 0.15) is 45.8 Å². The summed E-state index contributed by atoms with van der Waals surface area (Å²) in [5.41, 5.74) is 13.9. The van der Waals surface area contributed by atoms with Gasteiger partial charge in [0.15, 0.2) is 0 Å². The van der Waals surface area contributed by atoms with Crippen LogP contribution in [-0.4, -0.2) is 41.2 Å². The Morgan fingerprint density at radius 2 is 2.09 bits per heavy atom. The number of carbonyl (C=O) groups is 1. The summed E-state index contributed by atoms with van der Waals surface area (Å²) in [5, 5.41) is 12.8. The molecule has 2 aromatic carbocycles. The number of anilines is 2. The van der Waals surface area contributed by atoms with Crippen molar-refractivity contribution in [2.75, 3.05) is 31.2 Å². The molecule has 4 N–H and O–H groups in total. The Morgan fingerprint density at radius 1 is 1.26 bits per heavy atom. The summed E-state index contributed by atoms with van der Waals surface area (Å²) < 4.78 is 5.87. The zero-order valence-corrected chi connectivity index (χ0v) is 20.0. The van der Waals surface area contributed by atoms with E-state index in [1.807, 2.05) is 44.3 Å². The van der Waals surface area contributed by atoms with Gasteiger partial charge in [0.1, 0.15) is 12.4 Å². The molecule has 34 heavy (non-hydrogen) atoms. The molecule has 3 aromatic rings. The summed E-state index contributed by atoms with van der Waals surface area (Å²) in [5.74, 6) is -0.287. The highest BCUT2D eigenvalue weighted by molar-refractivity contribution is 5.74. The van der Waals surface area contributed by atoms with Crippen LogP contribution in [0.25, 0.3) is 0 Å². The number of rotatable bonds is 7. The van der Waals surface area contributed by atoms with Gasteiger partial charge < -0.3 is 20.9 Å². The average Bonchev–Trinajstić information content (AvgIpc) is 3.02. The topological polar surface area (TPSA) is 101 Å². The third-order valence-corrected chi connectivity index (χ3v) is 6.64. The predicted octanol–water partition coefficient (Wildman–Crippen LogP) is 4.32. The van der Waals surface area contributed by atoms with Crippen LogP contribution in [0.2, 0.25) is 0 Å². The first-order valence-electron chi connectivity index (χ1n) is 11.5. The van der Waals surface area contributed by atoms with E-state index in [1.54, 1.807) is 6.20 Å². The van der Waals surface area contributed by atoms with Crippen LogP contribution >= 0.6 is 0 Å². The summed E-state index contributed by atoms with van der Waals surface area (Å²) in [6.45, 7) is 6.89. The number of nitrogens with one attached hydrogen (secondary N) is 1. The van der Waals surface area contributed by atoms with Gasteiger partial charge in [-0.3, -0.25) is 14.7 Å². The van der Waals surface area contributed by atoms with Crippen molar-refractivity contribution in [1.29, 1.82) is 0 Å². The van der Waals surface area contributed by atoms with E-state index in [4.69, 9.17) is 10.5 Å². The van der Waals surface area contributed by atoms with Gasteiger partial charge in [0.25, 0.3) is 0 Å². The van der Waals surface area contributed by atoms with Gasteiger partial charge in [-0.2, -0.15) is 0 Å². The third-order valence-electron chi connectivity index (χ3n) is 6.64. The fourth-order valence-corrected chi connectivity index (χ4v) is 4.63. The SMILES string of the molecule is CNc1ccc(C(CC(=O)O)c2ccc(C)c(CN3CCOc4cccnc4C3)c2)c(C)c1N. The first kappa shape index (κ1) is 23.6. The lowest BCUT2D eigenvalue weighted by atomic mass is 9.84. The Kier molecular flexibility index (Phi) is 7.03. The summed E-state index contributed by atoms with van der Waals surface area (Å²) in [6.07, 6.45) is 1.79. The molecule has 0 aliphatic carbocycles. The minimum atomic E-state index is -0.838. The zero-order valence-electron chi connectivity index (χ0n) is 20.0. The summed E-state index contributed by atoms with van der Waals surface area (Å²) >= 11 is 0. The van der Waals surface area contributed by atoms with Crippen LogP contribution < -0.4 is 15.8 Å². The molecule has 0 spiro atoms. The Bertz CT molecular complexity index is 1190. The smallest absolute Gasteiger partial charge is 0.304 e. The first-order chi connectivity index (χ1) is 16.4. The number of nitrogens with zero attached hydrogens (tertiary/aromatic N) is 2. The van der Waals surface area contributed by atoms with Gasteiger partial charge in [0.05, 0.1) is 23.5 Å². The molecule has 0 bridgehead atoms. The molecule has 1 aromatic heterocycles. The molecule has 7 heteroatoms. The van der Waals surface area contributed by atoms with Crippen molar-refractivity contribution in [2.24, 2.45) is 0 Å². The molecule has 0 fully saturated rings. The first-order valence-corrected chi connectivity index (χ1v) is 11.5. The van der Waals surface area contributed by atoms with Crippen LogP contribution in [0.3, 0.4) is 0 Å². The molecular weight excluding hydrogens is 428 g/mol. The lowest BCUT2D eigenvalue weighted by Gasteiger charge is -2.24. The fourth-order valence-electron chi connectivity index (χ4n) is 4.63. The lowest BCUT2D eigenvalue weighted by molar-refractivity contribution is -0.137. The number of aliphatic carboxylic acids is 1. The van der Waals surface area contributed by atoms with Crippen LogP contribution in [-0.2, 0) is 17.9 Å². The molecule has 178 valence electrons. The minimum Gasteiger partial charge on any atom is -0.490 e. The van der Waals surface area contributed by atoms with Gasteiger partial charge in [-0.1, -0.05) is 24.3 Å². The van der Waals surface area contributed by atoms with E-state index in [-0.39, 0.29) is 12.3 Å². The molecule has 1 atom stereocenters. The van der Waals surface area contributed by atoms with Crippen molar-refractivity contribution >= 4 is 17.3 Å². The Labute approximate surface area is 200 Å². The number of nitrogens with two attached hydrogens (primary N) is 1. The molecule has 1 unspecified atom stereocenters. The van der Waals surface area contributed by atoms with E-state index < -0.39 is 5.97 Å². The number of nitrogen functional groups attached to an aromatic ring is 1. The van der Waals surface area contributed by atoms with Gasteiger partial charge >= 0.3 is 5.97 Å². The summed E-state index contributed by atoms with van der Waals surface area (Å²) in [6, 6.07) is 14.0. The largest absolute Gasteiger partial charge is 0.490 e. The monoisotopic (exact) mass is 460 g/mol. The quantitative estimate of drug-likeness (QED) is 0.451. The fraction of sp³-hybridized carbons (Fsp3) is 0.333. The standard InChI is InChI=1S/C27H32N4O3/c1-17-6-7-19(22(14-26(32)33)21-8-9-23(29-3)27(28)18(21)2)13-20(17)15-31-11-12-34-25-5-4-10-30-24(25)16-31/h4-10,13,22,29H,11-12,14-16,28H2,1-3H3,(H,32,33). The zero-order chi connectivity index (χ0) is 24.2. The molecule has 0 saturated carbocycles. The van der Waals surface area contributed by atoms with Crippen molar-refractivity contribution in [3.63, 3.8) is 0 Å². The molecule has 0 amide bonds. The van der Waals surface area contributed by atoms with Crippen molar-refractivity contribution in [3.05, 3.63) is 82.2 Å². The van der Waals surface area contributed by atoms with Crippen LogP contribution in [0, 0.1) is 13.8 Å². The number of hydrogen-bond acceptors (Lipinski definition) is 6. The number of pyridine rings is 1. The van der Waals surface area contributed by atoms with E-state index in [2.05, 4.69) is 34.3 Å². The number of ether oxygens (including phenoxy) is 1. The third kappa shape index (κ3) is 4.99. The normalized spacial score (nSPS) is 14.6. The van der Waals surface area contributed by atoms with Gasteiger partial charge in [0.2, 0.25) is 0 Å². The second-order valence-corrected chi connectivity index (χ2v) is 8.83. The average molecular weight is 461 g/mol. The maximum absolute atomic E-state index is 11.8. The number of benzene rings is 2. The Balaban J connectivity index is 1.66. The number of aromatic nitrogens is 1. The van der Waals surface area contributed by atoms with Gasteiger partial charge in [0, 0.05) is 38.8 Å². The summed E-state index contributed by atoms with van der Waals surface area (Å²) in [4.78, 5) is 18.6. The molecule has 1 aliphatic rings. The van der Waals surface area contributed by atoms with Crippen molar-refractivity contribution in [1.82, 2.24) is 9.88 Å². The predicted molar refractivity (Wildman–Crippen MR) is 134 cm³/mol. The molecule has 0 saturated heterocycles. The second-order valence-electron chi connectivity index (χ2n) is 8.83. The molecule has 0 radical (unpaired) electrons. The molecular formula is C27H32N4O3. The summed E-state index contributed by atoms with van der Waals surface area (Å²) in [7, 11) is 1.83. The highest BCUT2D eigenvalue weighted by Crippen LogP contribution is 2.36. The van der Waals surface area contributed by atoms with E-state index in [0.29, 0.717) is 18.8 Å². The highest BCUT2D eigenvalue weighted by Gasteiger charge is 2.23. The van der Waals surface area contributed by atoms with E-state index in [0.717, 1.165) is 46.9 Å². The number of fused-ring (bicyclic) bond motifs is 1. The number of hydrogen-bond donors (Lipinski definition) is 3. The van der Waals surface area contributed by atoms with E-state index in [1.165, 1.54) is 11.1 Å². The van der Waals surface area contributed by atoms with Gasteiger partial charge in [-0.25, -0.2) is 0 Å².